The van der Waals surface area contributed by atoms with E-state index in [1.165, 1.54) is 19.3 Å². The molecule has 1 aliphatic carbocycles. The van der Waals surface area contributed by atoms with Crippen molar-refractivity contribution in [3.05, 3.63) is 29.6 Å². The van der Waals surface area contributed by atoms with Crippen LogP contribution in [0.3, 0.4) is 0 Å². The second-order valence-electron chi connectivity index (χ2n) is 4.68. The van der Waals surface area contributed by atoms with Crippen LogP contribution in [0.25, 0.3) is 11.5 Å². The maximum atomic E-state index is 5.93. The molecule has 1 heterocycles. The minimum absolute atomic E-state index is 0.485. The highest BCUT2D eigenvalue weighted by Gasteiger charge is 2.25. The molecule has 17 heavy (non-hydrogen) atoms. The van der Waals surface area contributed by atoms with E-state index in [-0.39, 0.29) is 0 Å². The molecule has 0 bridgehead atoms. The Labute approximate surface area is 99.8 Å². The van der Waals surface area contributed by atoms with Crippen LogP contribution in [0.1, 0.15) is 36.6 Å². The van der Waals surface area contributed by atoms with Gasteiger partial charge in [-0.15, -0.1) is 0 Å². The van der Waals surface area contributed by atoms with Crippen molar-refractivity contribution in [2.45, 2.75) is 32.1 Å². The minimum Gasteiger partial charge on any atom is -0.398 e. The van der Waals surface area contributed by atoms with Gasteiger partial charge in [-0.2, -0.15) is 4.98 Å². The van der Waals surface area contributed by atoms with Crippen LogP contribution >= 0.6 is 0 Å². The predicted octanol–water partition coefficient (Wildman–Crippen LogP) is 2.89. The molecule has 0 aliphatic heterocycles. The quantitative estimate of drug-likeness (QED) is 0.804. The average Bonchev–Trinajstić information content (AvgIpc) is 2.68. The first-order valence-corrected chi connectivity index (χ1v) is 5.94. The Kier molecular flexibility index (Phi) is 2.35. The first-order chi connectivity index (χ1) is 8.24. The number of nitrogens with zero attached hydrogens (tertiary/aromatic N) is 2. The smallest absolute Gasteiger partial charge is 0.260 e. The summed E-state index contributed by atoms with van der Waals surface area (Å²) in [7, 11) is 0. The lowest BCUT2D eigenvalue weighted by molar-refractivity contribution is 0.366. The molecule has 0 atom stereocenters. The SMILES string of the molecule is Cc1ccc(N)c(-c2nc(C3CCC3)no2)c1. The topological polar surface area (TPSA) is 64.9 Å². The van der Waals surface area contributed by atoms with Crippen LogP contribution in [-0.4, -0.2) is 10.1 Å². The molecule has 1 aromatic carbocycles. The lowest BCUT2D eigenvalue weighted by atomic mass is 9.85. The molecule has 0 unspecified atom stereocenters. The van der Waals surface area contributed by atoms with Crippen LogP contribution in [0, 0.1) is 6.92 Å². The van der Waals surface area contributed by atoms with E-state index in [0.717, 1.165) is 17.0 Å². The Morgan fingerprint density at radius 3 is 2.88 bits per heavy atom. The number of rotatable bonds is 2. The van der Waals surface area contributed by atoms with Gasteiger partial charge in [0.1, 0.15) is 0 Å². The molecule has 1 fully saturated rings. The third-order valence-electron chi connectivity index (χ3n) is 3.35. The predicted molar refractivity (Wildman–Crippen MR) is 65.5 cm³/mol. The van der Waals surface area contributed by atoms with Crippen LogP contribution in [0.15, 0.2) is 22.7 Å². The fourth-order valence-corrected chi connectivity index (χ4v) is 2.03. The molecule has 0 amide bonds. The highest BCUT2D eigenvalue weighted by molar-refractivity contribution is 5.71. The van der Waals surface area contributed by atoms with Crippen LogP contribution in [0.2, 0.25) is 0 Å². The molecule has 2 aromatic rings. The van der Waals surface area contributed by atoms with Gasteiger partial charge in [0, 0.05) is 11.6 Å². The zero-order valence-electron chi connectivity index (χ0n) is 9.81. The highest BCUT2D eigenvalue weighted by atomic mass is 16.5. The van der Waals surface area contributed by atoms with Gasteiger partial charge in [-0.05, 0) is 31.9 Å². The van der Waals surface area contributed by atoms with Crippen molar-refractivity contribution < 1.29 is 4.52 Å². The summed E-state index contributed by atoms with van der Waals surface area (Å²) >= 11 is 0. The molecule has 0 spiro atoms. The average molecular weight is 229 g/mol. The summed E-state index contributed by atoms with van der Waals surface area (Å²) in [6.45, 7) is 2.02. The standard InChI is InChI=1S/C13H15N3O/c1-8-5-6-11(14)10(7-8)13-15-12(16-17-13)9-3-2-4-9/h5-7,9H,2-4,14H2,1H3. The largest absolute Gasteiger partial charge is 0.398 e. The first kappa shape index (κ1) is 10.3. The van der Waals surface area contributed by atoms with Gasteiger partial charge in [0.2, 0.25) is 0 Å². The Hall–Kier alpha value is -1.84. The van der Waals surface area contributed by atoms with E-state index in [9.17, 15) is 0 Å². The van der Waals surface area contributed by atoms with E-state index < -0.39 is 0 Å². The molecule has 2 N–H and O–H groups in total. The van der Waals surface area contributed by atoms with Crippen molar-refractivity contribution in [3.8, 4) is 11.5 Å². The van der Waals surface area contributed by atoms with Gasteiger partial charge in [0.15, 0.2) is 5.82 Å². The molecule has 1 aromatic heterocycles. The van der Waals surface area contributed by atoms with E-state index >= 15 is 0 Å². The first-order valence-electron chi connectivity index (χ1n) is 5.94. The zero-order valence-corrected chi connectivity index (χ0v) is 9.81. The van der Waals surface area contributed by atoms with Crippen LogP contribution in [-0.2, 0) is 0 Å². The molecule has 3 rings (SSSR count). The van der Waals surface area contributed by atoms with Gasteiger partial charge in [-0.25, -0.2) is 0 Å². The number of anilines is 1. The Morgan fingerprint density at radius 2 is 2.18 bits per heavy atom. The van der Waals surface area contributed by atoms with Crippen LogP contribution in [0.4, 0.5) is 5.69 Å². The summed E-state index contributed by atoms with van der Waals surface area (Å²) in [6.07, 6.45) is 3.60. The molecule has 4 heteroatoms. The Morgan fingerprint density at radius 1 is 1.35 bits per heavy atom. The second kappa shape index (κ2) is 3.87. The van der Waals surface area contributed by atoms with Gasteiger partial charge < -0.3 is 10.3 Å². The minimum atomic E-state index is 0.485. The molecule has 1 saturated carbocycles. The summed E-state index contributed by atoms with van der Waals surface area (Å²) in [5, 5.41) is 4.04. The van der Waals surface area contributed by atoms with Crippen molar-refractivity contribution in [1.82, 2.24) is 10.1 Å². The molecule has 1 aliphatic rings. The maximum Gasteiger partial charge on any atom is 0.260 e. The number of hydrogen-bond donors (Lipinski definition) is 1. The van der Waals surface area contributed by atoms with E-state index in [1.54, 1.807) is 0 Å². The van der Waals surface area contributed by atoms with Crippen LogP contribution in [0.5, 0.6) is 0 Å². The normalized spacial score (nSPS) is 15.8. The molecular weight excluding hydrogens is 214 g/mol. The zero-order chi connectivity index (χ0) is 11.8. The van der Waals surface area contributed by atoms with Crippen molar-refractivity contribution in [3.63, 3.8) is 0 Å². The fourth-order valence-electron chi connectivity index (χ4n) is 2.03. The number of aromatic nitrogens is 2. The number of aryl methyl sites for hydroxylation is 1. The Balaban J connectivity index is 1.97. The van der Waals surface area contributed by atoms with Gasteiger partial charge in [0.05, 0.1) is 5.56 Å². The lowest BCUT2D eigenvalue weighted by Crippen LogP contribution is -2.10. The van der Waals surface area contributed by atoms with E-state index in [1.807, 2.05) is 25.1 Å². The third-order valence-corrected chi connectivity index (χ3v) is 3.35. The van der Waals surface area contributed by atoms with Gasteiger partial charge in [0.25, 0.3) is 5.89 Å². The van der Waals surface area contributed by atoms with Gasteiger partial charge >= 0.3 is 0 Å². The highest BCUT2D eigenvalue weighted by Crippen LogP contribution is 2.36. The molecule has 0 saturated heterocycles. The summed E-state index contributed by atoms with van der Waals surface area (Å²) in [5.41, 5.74) is 8.58. The number of benzene rings is 1. The number of nitrogens with two attached hydrogens (primary N) is 1. The molecular formula is C13H15N3O. The van der Waals surface area contributed by atoms with Crippen molar-refractivity contribution in [2.24, 2.45) is 0 Å². The summed E-state index contributed by atoms with van der Waals surface area (Å²) < 4.78 is 5.30. The second-order valence-corrected chi connectivity index (χ2v) is 4.68. The maximum absolute atomic E-state index is 5.93. The molecule has 88 valence electrons. The number of nitrogen functional groups attached to an aromatic ring is 1. The third kappa shape index (κ3) is 1.79. The van der Waals surface area contributed by atoms with Crippen molar-refractivity contribution >= 4 is 5.69 Å². The van der Waals surface area contributed by atoms with Gasteiger partial charge in [-0.1, -0.05) is 23.2 Å². The number of hydrogen-bond acceptors (Lipinski definition) is 4. The van der Waals surface area contributed by atoms with E-state index in [0.29, 0.717) is 17.5 Å². The van der Waals surface area contributed by atoms with E-state index in [2.05, 4.69) is 10.1 Å². The van der Waals surface area contributed by atoms with Crippen molar-refractivity contribution in [1.29, 1.82) is 0 Å². The van der Waals surface area contributed by atoms with E-state index in [4.69, 9.17) is 10.3 Å². The molecule has 4 nitrogen and oxygen atoms in total. The summed E-state index contributed by atoms with van der Waals surface area (Å²) in [6, 6.07) is 5.83. The Bertz CT molecular complexity index is 543. The summed E-state index contributed by atoms with van der Waals surface area (Å²) in [4.78, 5) is 4.45. The lowest BCUT2D eigenvalue weighted by Gasteiger charge is -2.20. The van der Waals surface area contributed by atoms with Gasteiger partial charge in [-0.3, -0.25) is 0 Å². The van der Waals surface area contributed by atoms with Crippen LogP contribution < -0.4 is 5.73 Å². The summed E-state index contributed by atoms with van der Waals surface area (Å²) in [5.74, 6) is 1.85. The van der Waals surface area contributed by atoms with Crippen molar-refractivity contribution in [2.75, 3.05) is 5.73 Å². The molecule has 0 radical (unpaired) electrons. The fraction of sp³-hybridized carbons (Fsp3) is 0.385. The monoisotopic (exact) mass is 229 g/mol.